The lowest BCUT2D eigenvalue weighted by Gasteiger charge is -2.16. The van der Waals surface area contributed by atoms with E-state index >= 15 is 0 Å². The largest absolute Gasteiger partial charge is 0.363 e. The molecule has 0 radical (unpaired) electrons. The molecule has 1 rings (SSSR count). The van der Waals surface area contributed by atoms with Gasteiger partial charge < -0.3 is 4.90 Å². The van der Waals surface area contributed by atoms with Crippen molar-refractivity contribution in [2.45, 2.75) is 26.7 Å². The maximum Gasteiger partial charge on any atom is 0.131 e. The summed E-state index contributed by atoms with van der Waals surface area (Å²) in [5.41, 5.74) is 2.39. The molecular weight excluding hydrogens is 160 g/mol. The lowest BCUT2D eigenvalue weighted by atomic mass is 10.1. The van der Waals surface area contributed by atoms with Gasteiger partial charge in [0, 0.05) is 19.8 Å². The van der Waals surface area contributed by atoms with E-state index in [4.69, 9.17) is 0 Å². The number of aryl methyl sites for hydroxylation is 1. The van der Waals surface area contributed by atoms with E-state index in [0.29, 0.717) is 5.92 Å². The smallest absolute Gasteiger partial charge is 0.131 e. The van der Waals surface area contributed by atoms with E-state index in [0.717, 1.165) is 11.5 Å². The second kappa shape index (κ2) is 3.77. The predicted molar refractivity (Wildman–Crippen MR) is 57.4 cm³/mol. The summed E-state index contributed by atoms with van der Waals surface area (Å²) < 4.78 is 0. The Hall–Kier alpha value is -1.05. The van der Waals surface area contributed by atoms with E-state index in [1.165, 1.54) is 5.56 Å². The average Bonchev–Trinajstić information content (AvgIpc) is 2.04. The number of hydrogen-bond acceptors (Lipinski definition) is 2. The minimum atomic E-state index is 0.499. The second-order valence-electron chi connectivity index (χ2n) is 3.93. The minimum absolute atomic E-state index is 0.499. The van der Waals surface area contributed by atoms with Gasteiger partial charge in [0.05, 0.1) is 0 Å². The Morgan fingerprint density at radius 1 is 1.23 bits per heavy atom. The molecule has 2 heteroatoms. The number of hydrogen-bond donors (Lipinski definition) is 0. The Balaban J connectivity index is 3.11. The van der Waals surface area contributed by atoms with Crippen LogP contribution in [0.4, 0.5) is 5.82 Å². The molecule has 13 heavy (non-hydrogen) atoms. The van der Waals surface area contributed by atoms with E-state index in [9.17, 15) is 0 Å². The van der Waals surface area contributed by atoms with Crippen LogP contribution in [0.2, 0.25) is 0 Å². The van der Waals surface area contributed by atoms with Crippen LogP contribution in [-0.2, 0) is 0 Å². The zero-order valence-electron chi connectivity index (χ0n) is 9.13. The van der Waals surface area contributed by atoms with Crippen LogP contribution in [0.3, 0.4) is 0 Å². The maximum absolute atomic E-state index is 4.60. The highest BCUT2D eigenvalue weighted by atomic mass is 15.1. The molecule has 1 heterocycles. The Morgan fingerprint density at radius 3 is 2.31 bits per heavy atom. The molecule has 0 aliphatic heterocycles. The first-order chi connectivity index (χ1) is 6.02. The van der Waals surface area contributed by atoms with Gasteiger partial charge in [-0.25, -0.2) is 4.98 Å². The van der Waals surface area contributed by atoms with Gasteiger partial charge in [-0.2, -0.15) is 0 Å². The molecule has 0 N–H and O–H groups in total. The molecular formula is C11H18N2. The number of rotatable bonds is 2. The molecule has 2 nitrogen and oxygen atoms in total. The predicted octanol–water partition coefficient (Wildman–Crippen LogP) is 2.58. The minimum Gasteiger partial charge on any atom is -0.363 e. The summed E-state index contributed by atoms with van der Waals surface area (Å²) in [6.07, 6.45) is 0. The third kappa shape index (κ3) is 2.20. The van der Waals surface area contributed by atoms with Crippen LogP contribution < -0.4 is 4.90 Å². The summed E-state index contributed by atoms with van der Waals surface area (Å²) in [5.74, 6) is 1.57. The molecule has 0 saturated heterocycles. The van der Waals surface area contributed by atoms with Crippen LogP contribution in [0.25, 0.3) is 0 Å². The summed E-state index contributed by atoms with van der Waals surface area (Å²) in [6, 6.07) is 4.24. The topological polar surface area (TPSA) is 16.1 Å². The van der Waals surface area contributed by atoms with Crippen molar-refractivity contribution in [3.05, 3.63) is 23.4 Å². The molecule has 1 aromatic rings. The van der Waals surface area contributed by atoms with Crippen LogP contribution in [0.1, 0.15) is 31.0 Å². The quantitative estimate of drug-likeness (QED) is 0.692. The first-order valence-corrected chi connectivity index (χ1v) is 4.67. The number of nitrogens with zero attached hydrogens (tertiary/aromatic N) is 2. The number of pyridine rings is 1. The van der Waals surface area contributed by atoms with E-state index in [1.54, 1.807) is 0 Å². The summed E-state index contributed by atoms with van der Waals surface area (Å²) in [6.45, 7) is 6.42. The normalized spacial score (nSPS) is 10.6. The van der Waals surface area contributed by atoms with E-state index < -0.39 is 0 Å². The van der Waals surface area contributed by atoms with Crippen LogP contribution in [0.15, 0.2) is 12.1 Å². The Labute approximate surface area is 80.6 Å². The molecule has 0 saturated carbocycles. The van der Waals surface area contributed by atoms with Crippen molar-refractivity contribution in [2.75, 3.05) is 19.0 Å². The molecule has 0 fully saturated rings. The van der Waals surface area contributed by atoms with Crippen molar-refractivity contribution in [2.24, 2.45) is 0 Å². The number of anilines is 1. The third-order valence-corrected chi connectivity index (χ3v) is 2.11. The van der Waals surface area contributed by atoms with E-state index in [1.807, 2.05) is 14.1 Å². The van der Waals surface area contributed by atoms with Crippen molar-refractivity contribution >= 4 is 5.82 Å². The van der Waals surface area contributed by atoms with Gasteiger partial charge in [-0.3, -0.25) is 0 Å². The molecule has 0 spiro atoms. The fraction of sp³-hybridized carbons (Fsp3) is 0.545. The van der Waals surface area contributed by atoms with Crippen molar-refractivity contribution in [1.82, 2.24) is 4.98 Å². The molecule has 72 valence electrons. The van der Waals surface area contributed by atoms with Crippen LogP contribution in [-0.4, -0.2) is 19.1 Å². The van der Waals surface area contributed by atoms with Gasteiger partial charge in [0.15, 0.2) is 0 Å². The van der Waals surface area contributed by atoms with Crippen LogP contribution >= 0.6 is 0 Å². The second-order valence-corrected chi connectivity index (χ2v) is 3.93. The molecule has 0 aliphatic rings. The van der Waals surface area contributed by atoms with Crippen LogP contribution in [0.5, 0.6) is 0 Å². The zero-order valence-corrected chi connectivity index (χ0v) is 9.13. The fourth-order valence-electron chi connectivity index (χ4n) is 1.31. The highest BCUT2D eigenvalue weighted by Crippen LogP contribution is 2.19. The standard InChI is InChI=1S/C11H18N2/c1-8(2)10-7-6-9(3)11(12-10)13(4)5/h6-8H,1-5H3. The number of aromatic nitrogens is 1. The van der Waals surface area contributed by atoms with Crippen molar-refractivity contribution in [3.8, 4) is 0 Å². The van der Waals surface area contributed by atoms with Gasteiger partial charge in [0.1, 0.15) is 5.82 Å². The summed E-state index contributed by atoms with van der Waals surface area (Å²) in [7, 11) is 4.05. The molecule has 0 bridgehead atoms. The van der Waals surface area contributed by atoms with Gasteiger partial charge in [0.2, 0.25) is 0 Å². The SMILES string of the molecule is Cc1ccc(C(C)C)nc1N(C)C. The zero-order chi connectivity index (χ0) is 10.0. The molecule has 0 aromatic carbocycles. The summed E-state index contributed by atoms with van der Waals surface area (Å²) >= 11 is 0. The maximum atomic E-state index is 4.60. The first kappa shape index (κ1) is 10.0. The highest BCUT2D eigenvalue weighted by molar-refractivity contribution is 5.45. The van der Waals surface area contributed by atoms with Crippen molar-refractivity contribution in [3.63, 3.8) is 0 Å². The molecule has 0 amide bonds. The van der Waals surface area contributed by atoms with Gasteiger partial charge >= 0.3 is 0 Å². The lowest BCUT2D eigenvalue weighted by Crippen LogP contribution is -2.13. The first-order valence-electron chi connectivity index (χ1n) is 4.67. The monoisotopic (exact) mass is 178 g/mol. The van der Waals surface area contributed by atoms with E-state index in [-0.39, 0.29) is 0 Å². The van der Waals surface area contributed by atoms with Crippen molar-refractivity contribution in [1.29, 1.82) is 0 Å². The molecule has 0 aliphatic carbocycles. The van der Waals surface area contributed by atoms with Gasteiger partial charge in [-0.15, -0.1) is 0 Å². The fourth-order valence-corrected chi connectivity index (χ4v) is 1.31. The summed E-state index contributed by atoms with van der Waals surface area (Å²) in [4.78, 5) is 6.65. The average molecular weight is 178 g/mol. The van der Waals surface area contributed by atoms with Gasteiger partial charge in [-0.1, -0.05) is 19.9 Å². The lowest BCUT2D eigenvalue weighted by molar-refractivity contribution is 0.816. The highest BCUT2D eigenvalue weighted by Gasteiger charge is 2.06. The molecule has 1 aromatic heterocycles. The van der Waals surface area contributed by atoms with Crippen molar-refractivity contribution < 1.29 is 0 Å². The van der Waals surface area contributed by atoms with Gasteiger partial charge in [-0.05, 0) is 24.5 Å². The third-order valence-electron chi connectivity index (χ3n) is 2.11. The molecule has 0 atom stereocenters. The Morgan fingerprint density at radius 2 is 1.85 bits per heavy atom. The molecule has 0 unspecified atom stereocenters. The van der Waals surface area contributed by atoms with Crippen LogP contribution in [0, 0.1) is 6.92 Å². The Bertz CT molecular complexity index is 290. The summed E-state index contributed by atoms with van der Waals surface area (Å²) in [5, 5.41) is 0. The van der Waals surface area contributed by atoms with E-state index in [2.05, 4.69) is 42.8 Å². The van der Waals surface area contributed by atoms with Gasteiger partial charge in [0.25, 0.3) is 0 Å². The Kier molecular flexibility index (Phi) is 2.91.